The Kier molecular flexibility index (Phi) is 4.16. The van der Waals surface area contributed by atoms with Crippen LogP contribution < -0.4 is 0 Å². The summed E-state index contributed by atoms with van der Waals surface area (Å²) in [5, 5.41) is 9.55. The first-order valence-corrected chi connectivity index (χ1v) is 6.37. The van der Waals surface area contributed by atoms with Crippen molar-refractivity contribution in [3.05, 3.63) is 70.0 Å². The Labute approximate surface area is 121 Å². The molecule has 4 heteroatoms. The second-order valence-corrected chi connectivity index (χ2v) is 4.84. The van der Waals surface area contributed by atoms with Crippen molar-refractivity contribution >= 4 is 17.4 Å². The number of ketones is 1. The summed E-state index contributed by atoms with van der Waals surface area (Å²) < 4.78 is 13.9. The number of halogens is 2. The molecule has 0 aromatic heterocycles. The summed E-state index contributed by atoms with van der Waals surface area (Å²) in [6.45, 7) is 1.73. The standard InChI is InChI=1S/C16H11ClFNO/c1-10-6-7-12(15(18)8-10)16(20)13(9-19)11-4-2-3-5-14(11)17/h2-8,13H,1H3. The Bertz CT molecular complexity index is 706. The highest BCUT2D eigenvalue weighted by Crippen LogP contribution is 2.28. The molecular formula is C16H11ClFNO. The van der Waals surface area contributed by atoms with Crippen molar-refractivity contribution in [2.75, 3.05) is 0 Å². The van der Waals surface area contributed by atoms with Gasteiger partial charge in [0, 0.05) is 5.02 Å². The summed E-state index contributed by atoms with van der Waals surface area (Å²) in [6.07, 6.45) is 0. The number of rotatable bonds is 3. The number of benzene rings is 2. The molecule has 2 aromatic rings. The number of aryl methyl sites for hydroxylation is 1. The summed E-state index contributed by atoms with van der Waals surface area (Å²) >= 11 is 6.00. The Balaban J connectivity index is 2.45. The van der Waals surface area contributed by atoms with E-state index in [2.05, 4.69) is 0 Å². The largest absolute Gasteiger partial charge is 0.292 e. The van der Waals surface area contributed by atoms with E-state index in [1.54, 1.807) is 37.3 Å². The Morgan fingerprint density at radius 1 is 1.30 bits per heavy atom. The minimum absolute atomic E-state index is 0.0953. The quantitative estimate of drug-likeness (QED) is 0.791. The van der Waals surface area contributed by atoms with Crippen LogP contribution in [-0.2, 0) is 0 Å². The highest BCUT2D eigenvalue weighted by atomic mass is 35.5. The monoisotopic (exact) mass is 287 g/mol. The molecule has 0 saturated heterocycles. The summed E-state index contributed by atoms with van der Waals surface area (Å²) in [7, 11) is 0. The topological polar surface area (TPSA) is 40.9 Å². The van der Waals surface area contributed by atoms with Crippen molar-refractivity contribution in [2.24, 2.45) is 0 Å². The molecule has 0 aliphatic rings. The lowest BCUT2D eigenvalue weighted by molar-refractivity contribution is 0.0975. The van der Waals surface area contributed by atoms with Gasteiger partial charge in [0.25, 0.3) is 0 Å². The molecule has 1 unspecified atom stereocenters. The van der Waals surface area contributed by atoms with Crippen LogP contribution in [0.25, 0.3) is 0 Å². The highest BCUT2D eigenvalue weighted by molar-refractivity contribution is 6.31. The third-order valence-corrected chi connectivity index (χ3v) is 3.34. The van der Waals surface area contributed by atoms with Crippen molar-refractivity contribution in [3.8, 4) is 6.07 Å². The first-order valence-electron chi connectivity index (χ1n) is 5.99. The maximum Gasteiger partial charge on any atom is 0.187 e. The van der Waals surface area contributed by atoms with Crippen LogP contribution in [-0.4, -0.2) is 5.78 Å². The molecule has 1 atom stereocenters. The van der Waals surface area contributed by atoms with Crippen LogP contribution in [0.5, 0.6) is 0 Å². The average molecular weight is 288 g/mol. The average Bonchev–Trinajstić information content (AvgIpc) is 2.41. The zero-order chi connectivity index (χ0) is 14.7. The van der Waals surface area contributed by atoms with Crippen molar-refractivity contribution in [1.82, 2.24) is 0 Å². The van der Waals surface area contributed by atoms with Gasteiger partial charge in [-0.2, -0.15) is 5.26 Å². The molecular weight excluding hydrogens is 277 g/mol. The molecule has 20 heavy (non-hydrogen) atoms. The van der Waals surface area contributed by atoms with E-state index < -0.39 is 17.5 Å². The van der Waals surface area contributed by atoms with Crippen LogP contribution in [0.2, 0.25) is 5.02 Å². The molecule has 0 amide bonds. The summed E-state index contributed by atoms with van der Waals surface area (Å²) in [4.78, 5) is 12.3. The zero-order valence-electron chi connectivity index (χ0n) is 10.7. The number of nitrogens with zero attached hydrogens (tertiary/aromatic N) is 1. The molecule has 0 bridgehead atoms. The van der Waals surface area contributed by atoms with Gasteiger partial charge in [-0.05, 0) is 36.2 Å². The van der Waals surface area contributed by atoms with E-state index in [-0.39, 0.29) is 5.56 Å². The van der Waals surface area contributed by atoms with Crippen molar-refractivity contribution in [3.63, 3.8) is 0 Å². The van der Waals surface area contributed by atoms with Gasteiger partial charge in [-0.3, -0.25) is 4.79 Å². The van der Waals surface area contributed by atoms with E-state index in [4.69, 9.17) is 11.6 Å². The lowest BCUT2D eigenvalue weighted by Crippen LogP contribution is -2.13. The maximum atomic E-state index is 13.9. The maximum absolute atomic E-state index is 13.9. The predicted molar refractivity (Wildman–Crippen MR) is 75.3 cm³/mol. The first kappa shape index (κ1) is 14.2. The van der Waals surface area contributed by atoms with Gasteiger partial charge in [-0.25, -0.2) is 4.39 Å². The van der Waals surface area contributed by atoms with Gasteiger partial charge in [-0.15, -0.1) is 0 Å². The van der Waals surface area contributed by atoms with Crippen LogP contribution in [0, 0.1) is 24.1 Å². The molecule has 100 valence electrons. The number of carbonyl (C=O) groups is 1. The normalized spacial score (nSPS) is 11.7. The molecule has 0 spiro atoms. The van der Waals surface area contributed by atoms with Gasteiger partial charge in [0.15, 0.2) is 5.78 Å². The van der Waals surface area contributed by atoms with E-state index in [0.29, 0.717) is 16.1 Å². The number of Topliss-reactive ketones (excluding diaryl/α,β-unsaturated/α-hetero) is 1. The Hall–Kier alpha value is -2.18. The van der Waals surface area contributed by atoms with Crippen LogP contribution in [0.3, 0.4) is 0 Å². The third kappa shape index (κ3) is 2.71. The van der Waals surface area contributed by atoms with Gasteiger partial charge in [0.1, 0.15) is 11.7 Å². The molecule has 0 N–H and O–H groups in total. The highest BCUT2D eigenvalue weighted by Gasteiger charge is 2.25. The van der Waals surface area contributed by atoms with E-state index in [1.165, 1.54) is 12.1 Å². The molecule has 2 nitrogen and oxygen atoms in total. The van der Waals surface area contributed by atoms with Crippen molar-refractivity contribution in [2.45, 2.75) is 12.8 Å². The smallest absolute Gasteiger partial charge is 0.187 e. The molecule has 0 heterocycles. The second kappa shape index (κ2) is 5.85. The van der Waals surface area contributed by atoms with Crippen LogP contribution in [0.1, 0.15) is 27.4 Å². The lowest BCUT2D eigenvalue weighted by Gasteiger charge is -2.11. The van der Waals surface area contributed by atoms with Gasteiger partial charge in [-0.1, -0.05) is 35.9 Å². The molecule has 0 radical (unpaired) electrons. The van der Waals surface area contributed by atoms with Crippen LogP contribution in [0.4, 0.5) is 4.39 Å². The Morgan fingerprint density at radius 3 is 2.60 bits per heavy atom. The fourth-order valence-corrected chi connectivity index (χ4v) is 2.20. The SMILES string of the molecule is Cc1ccc(C(=O)C(C#N)c2ccccc2Cl)c(F)c1. The molecule has 0 aliphatic carbocycles. The Morgan fingerprint density at radius 2 is 2.00 bits per heavy atom. The first-order chi connectivity index (χ1) is 9.54. The molecule has 0 saturated carbocycles. The molecule has 0 fully saturated rings. The number of hydrogen-bond acceptors (Lipinski definition) is 2. The van der Waals surface area contributed by atoms with E-state index in [1.807, 2.05) is 6.07 Å². The van der Waals surface area contributed by atoms with Gasteiger partial charge in [0.2, 0.25) is 0 Å². The molecule has 0 aliphatic heterocycles. The van der Waals surface area contributed by atoms with E-state index in [9.17, 15) is 14.4 Å². The van der Waals surface area contributed by atoms with E-state index >= 15 is 0 Å². The minimum Gasteiger partial charge on any atom is -0.292 e. The number of carbonyl (C=O) groups excluding carboxylic acids is 1. The number of nitriles is 1. The summed E-state index contributed by atoms with van der Waals surface area (Å²) in [5.41, 5.74) is 1.01. The van der Waals surface area contributed by atoms with Crippen molar-refractivity contribution in [1.29, 1.82) is 5.26 Å². The molecule has 2 aromatic carbocycles. The van der Waals surface area contributed by atoms with E-state index in [0.717, 1.165) is 0 Å². The van der Waals surface area contributed by atoms with Crippen LogP contribution in [0.15, 0.2) is 42.5 Å². The lowest BCUT2D eigenvalue weighted by atomic mass is 9.91. The minimum atomic E-state index is -1.11. The summed E-state index contributed by atoms with van der Waals surface area (Å²) in [6, 6.07) is 12.8. The van der Waals surface area contributed by atoms with Gasteiger partial charge < -0.3 is 0 Å². The fourth-order valence-electron chi connectivity index (χ4n) is 1.95. The molecule has 2 rings (SSSR count). The van der Waals surface area contributed by atoms with Crippen molar-refractivity contribution < 1.29 is 9.18 Å². The van der Waals surface area contributed by atoms with Crippen LogP contribution >= 0.6 is 11.6 Å². The van der Waals surface area contributed by atoms with Gasteiger partial charge >= 0.3 is 0 Å². The third-order valence-electron chi connectivity index (χ3n) is 3.00. The number of hydrogen-bond donors (Lipinski definition) is 0. The zero-order valence-corrected chi connectivity index (χ0v) is 11.5. The van der Waals surface area contributed by atoms with Gasteiger partial charge in [0.05, 0.1) is 11.6 Å². The second-order valence-electron chi connectivity index (χ2n) is 4.43. The fraction of sp³-hybridized carbons (Fsp3) is 0.125. The predicted octanol–water partition coefficient (Wildman–Crippen LogP) is 4.28. The summed E-state index contributed by atoms with van der Waals surface area (Å²) in [5.74, 6) is -2.32.